The summed E-state index contributed by atoms with van der Waals surface area (Å²) in [6, 6.07) is 8.69. The fourth-order valence-corrected chi connectivity index (χ4v) is 5.05. The van der Waals surface area contributed by atoms with Crippen molar-refractivity contribution in [1.29, 1.82) is 0 Å². The molecule has 2 aromatic carbocycles. The van der Waals surface area contributed by atoms with E-state index in [1.54, 1.807) is 12.1 Å². The molecule has 132 valence electrons. The molecule has 0 spiro atoms. The van der Waals surface area contributed by atoms with Gasteiger partial charge in [0.15, 0.2) is 0 Å². The van der Waals surface area contributed by atoms with Crippen LogP contribution < -0.4 is 10.0 Å². The molecule has 1 amide bonds. The van der Waals surface area contributed by atoms with E-state index in [2.05, 4.69) is 10.0 Å². The van der Waals surface area contributed by atoms with Gasteiger partial charge < -0.3 is 5.32 Å². The smallest absolute Gasteiger partial charge is 0.261 e. The highest BCUT2D eigenvalue weighted by atomic mass is 32.2. The Morgan fingerprint density at radius 1 is 1.08 bits per heavy atom. The van der Waals surface area contributed by atoms with Crippen LogP contribution in [0.1, 0.15) is 23.6 Å². The van der Waals surface area contributed by atoms with E-state index >= 15 is 0 Å². The Labute approximate surface area is 152 Å². The van der Waals surface area contributed by atoms with Gasteiger partial charge in [0.1, 0.15) is 0 Å². The lowest BCUT2D eigenvalue weighted by Gasteiger charge is -2.22. The van der Waals surface area contributed by atoms with E-state index in [-0.39, 0.29) is 16.1 Å². The first kappa shape index (κ1) is 17.8. The van der Waals surface area contributed by atoms with Crippen LogP contribution in [0.5, 0.6) is 0 Å². The Morgan fingerprint density at radius 3 is 2.36 bits per heavy atom. The zero-order valence-corrected chi connectivity index (χ0v) is 16.1. The number of nitrogens with one attached hydrogen (secondary N) is 2. The summed E-state index contributed by atoms with van der Waals surface area (Å²) >= 11 is 1.42. The van der Waals surface area contributed by atoms with E-state index in [9.17, 15) is 13.2 Å². The van der Waals surface area contributed by atoms with Gasteiger partial charge in [0.25, 0.3) is 10.0 Å². The first-order valence-electron chi connectivity index (χ1n) is 7.89. The molecule has 1 aliphatic rings. The summed E-state index contributed by atoms with van der Waals surface area (Å²) in [5.41, 5.74) is 3.96. The topological polar surface area (TPSA) is 75.3 Å². The molecule has 2 N–H and O–H groups in total. The van der Waals surface area contributed by atoms with Gasteiger partial charge >= 0.3 is 0 Å². The maximum absolute atomic E-state index is 12.8. The minimum absolute atomic E-state index is 0.120. The van der Waals surface area contributed by atoms with Crippen molar-refractivity contribution in [2.75, 3.05) is 10.0 Å². The number of aryl methyl sites for hydroxylation is 3. The predicted octanol–water partition coefficient (Wildman–Crippen LogP) is 3.85. The lowest BCUT2D eigenvalue weighted by Crippen LogP contribution is -2.26. The summed E-state index contributed by atoms with van der Waals surface area (Å²) in [5.74, 6) is -0.120. The van der Waals surface area contributed by atoms with E-state index in [1.165, 1.54) is 17.8 Å². The van der Waals surface area contributed by atoms with Crippen molar-refractivity contribution >= 4 is 39.1 Å². The Bertz CT molecular complexity index is 945. The molecule has 0 saturated carbocycles. The number of thioether (sulfide) groups is 1. The second-order valence-corrected chi connectivity index (χ2v) is 9.35. The number of rotatable bonds is 3. The highest BCUT2D eigenvalue weighted by Gasteiger charge is 2.25. The van der Waals surface area contributed by atoms with Crippen LogP contribution in [0.4, 0.5) is 11.4 Å². The molecule has 0 aromatic heterocycles. The van der Waals surface area contributed by atoms with Gasteiger partial charge in [-0.05, 0) is 57.0 Å². The van der Waals surface area contributed by atoms with Crippen molar-refractivity contribution in [3.63, 3.8) is 0 Å². The Kier molecular flexibility index (Phi) is 4.55. The van der Waals surface area contributed by atoms with Crippen LogP contribution in [-0.4, -0.2) is 19.6 Å². The third-order valence-corrected chi connectivity index (χ3v) is 6.63. The third-order valence-electron chi connectivity index (χ3n) is 4.11. The molecule has 3 rings (SSSR count). The quantitative estimate of drug-likeness (QED) is 0.853. The first-order chi connectivity index (χ1) is 11.7. The molecule has 0 radical (unpaired) electrons. The zero-order chi connectivity index (χ0) is 18.4. The van der Waals surface area contributed by atoms with Crippen molar-refractivity contribution in [2.45, 2.75) is 42.7 Å². The van der Waals surface area contributed by atoms with E-state index in [4.69, 9.17) is 0 Å². The molecule has 1 aliphatic heterocycles. The van der Waals surface area contributed by atoms with Gasteiger partial charge in [-0.25, -0.2) is 8.42 Å². The normalized spacial score (nSPS) is 17.0. The van der Waals surface area contributed by atoms with Crippen molar-refractivity contribution < 1.29 is 13.2 Å². The average molecular weight is 377 g/mol. The number of anilines is 2. The summed E-state index contributed by atoms with van der Waals surface area (Å²) in [6.45, 7) is 7.55. The van der Waals surface area contributed by atoms with Gasteiger partial charge in [0.2, 0.25) is 5.91 Å². The maximum Gasteiger partial charge on any atom is 0.261 e. The summed E-state index contributed by atoms with van der Waals surface area (Å²) < 4.78 is 28.3. The monoisotopic (exact) mass is 376 g/mol. The van der Waals surface area contributed by atoms with Gasteiger partial charge in [-0.2, -0.15) is 0 Å². The van der Waals surface area contributed by atoms with Crippen molar-refractivity contribution in [2.24, 2.45) is 0 Å². The number of benzene rings is 2. The van der Waals surface area contributed by atoms with Gasteiger partial charge in [-0.15, -0.1) is 11.8 Å². The summed E-state index contributed by atoms with van der Waals surface area (Å²) in [5, 5.41) is 2.58. The molecular weight excluding hydrogens is 356 g/mol. The number of sulfonamides is 1. The van der Waals surface area contributed by atoms with Gasteiger partial charge in [0, 0.05) is 4.90 Å². The van der Waals surface area contributed by atoms with Crippen LogP contribution in [-0.2, 0) is 14.8 Å². The van der Waals surface area contributed by atoms with Crippen LogP contribution in [0, 0.1) is 20.8 Å². The molecule has 2 aromatic rings. The Morgan fingerprint density at radius 2 is 1.72 bits per heavy atom. The van der Waals surface area contributed by atoms with E-state index in [1.807, 2.05) is 39.8 Å². The van der Waals surface area contributed by atoms with E-state index in [0.717, 1.165) is 21.6 Å². The number of amides is 1. The molecule has 7 heteroatoms. The van der Waals surface area contributed by atoms with Gasteiger partial charge in [-0.1, -0.05) is 17.7 Å². The third kappa shape index (κ3) is 3.52. The minimum atomic E-state index is -3.75. The lowest BCUT2D eigenvalue weighted by molar-refractivity contribution is -0.115. The van der Waals surface area contributed by atoms with Crippen LogP contribution in [0.3, 0.4) is 0 Å². The van der Waals surface area contributed by atoms with Gasteiger partial charge in [-0.3, -0.25) is 9.52 Å². The van der Waals surface area contributed by atoms with Crippen LogP contribution >= 0.6 is 11.8 Å². The molecule has 1 unspecified atom stereocenters. The zero-order valence-electron chi connectivity index (χ0n) is 14.5. The number of hydrogen-bond acceptors (Lipinski definition) is 4. The number of carbonyl (C=O) groups excluding carboxylic acids is 1. The molecule has 1 heterocycles. The molecular formula is C18H20N2O3S2. The fraction of sp³-hybridized carbons (Fsp3) is 0.278. The predicted molar refractivity (Wildman–Crippen MR) is 102 cm³/mol. The van der Waals surface area contributed by atoms with Crippen molar-refractivity contribution in [1.82, 2.24) is 0 Å². The second kappa shape index (κ2) is 6.38. The van der Waals surface area contributed by atoms with E-state index < -0.39 is 10.0 Å². The highest BCUT2D eigenvalue weighted by Crippen LogP contribution is 2.37. The first-order valence-corrected chi connectivity index (χ1v) is 10.3. The molecule has 1 atom stereocenters. The number of fused-ring (bicyclic) bond motifs is 1. The van der Waals surface area contributed by atoms with Crippen LogP contribution in [0.2, 0.25) is 0 Å². The summed E-state index contributed by atoms with van der Waals surface area (Å²) in [7, 11) is -3.75. The molecule has 0 bridgehead atoms. The van der Waals surface area contributed by atoms with Crippen LogP contribution in [0.15, 0.2) is 40.1 Å². The lowest BCUT2D eigenvalue weighted by atomic mass is 10.1. The second-order valence-electron chi connectivity index (χ2n) is 6.29. The fourth-order valence-electron chi connectivity index (χ4n) is 2.89. The van der Waals surface area contributed by atoms with Crippen molar-refractivity contribution in [3.8, 4) is 0 Å². The maximum atomic E-state index is 12.8. The number of carbonyl (C=O) groups is 1. The average Bonchev–Trinajstić information content (AvgIpc) is 2.51. The number of hydrogen-bond donors (Lipinski definition) is 2. The van der Waals surface area contributed by atoms with E-state index in [0.29, 0.717) is 11.4 Å². The standard InChI is InChI=1S/C18H20N2O3S2/c1-10-7-11(2)17(12(3)8-10)20-25(22,23)14-5-6-16-15(9-14)19-18(21)13(4)24-16/h5-9,13,20H,1-4H3,(H,19,21). The Balaban J connectivity index is 1.97. The molecule has 0 aliphatic carbocycles. The molecule has 0 saturated heterocycles. The molecule has 5 nitrogen and oxygen atoms in total. The largest absolute Gasteiger partial charge is 0.324 e. The highest BCUT2D eigenvalue weighted by molar-refractivity contribution is 8.01. The Hall–Kier alpha value is -1.99. The molecule has 25 heavy (non-hydrogen) atoms. The SMILES string of the molecule is Cc1cc(C)c(NS(=O)(=O)c2ccc3c(c2)NC(=O)C(C)S3)c(C)c1. The van der Waals surface area contributed by atoms with Gasteiger partial charge in [0.05, 0.1) is 21.5 Å². The van der Waals surface area contributed by atoms with Crippen LogP contribution in [0.25, 0.3) is 0 Å². The van der Waals surface area contributed by atoms with Crippen molar-refractivity contribution in [3.05, 3.63) is 47.0 Å². The minimum Gasteiger partial charge on any atom is -0.324 e. The molecule has 0 fully saturated rings. The summed E-state index contributed by atoms with van der Waals surface area (Å²) in [6.07, 6.45) is 0. The summed E-state index contributed by atoms with van der Waals surface area (Å²) in [4.78, 5) is 12.8.